The number of hydrogen-bond acceptors (Lipinski definition) is 12. The van der Waals surface area contributed by atoms with Crippen molar-refractivity contribution in [1.29, 1.82) is 0 Å². The highest BCUT2D eigenvalue weighted by molar-refractivity contribution is 7.87. The van der Waals surface area contributed by atoms with Crippen molar-refractivity contribution in [1.82, 2.24) is 15.0 Å². The predicted molar refractivity (Wildman–Crippen MR) is 132 cm³/mol. The Morgan fingerprint density at radius 1 is 1.00 bits per heavy atom. The van der Waals surface area contributed by atoms with Gasteiger partial charge in [0.05, 0.1) is 17.1 Å². The van der Waals surface area contributed by atoms with Crippen molar-refractivity contribution in [2.24, 2.45) is 16.2 Å². The maximum atomic E-state index is 11.7. The summed E-state index contributed by atoms with van der Waals surface area (Å²) in [5.74, 6) is -0.0349. The van der Waals surface area contributed by atoms with Gasteiger partial charge in [0.25, 0.3) is 20.2 Å². The summed E-state index contributed by atoms with van der Waals surface area (Å²) < 4.78 is 89.7. The maximum Gasteiger partial charge on any atom is 0.296 e. The first-order valence-electron chi connectivity index (χ1n) is 10.6. The van der Waals surface area contributed by atoms with Gasteiger partial charge in [-0.05, 0) is 49.3 Å². The number of aromatic nitrogens is 3. The smallest absolute Gasteiger partial charge is 0.296 e. The third kappa shape index (κ3) is 8.20. The molecular formula is C18H27N7O8S3. The first kappa shape index (κ1) is 27.9. The number of anilines is 4. The van der Waals surface area contributed by atoms with E-state index in [1.54, 1.807) is 0 Å². The molecule has 18 heteroatoms. The van der Waals surface area contributed by atoms with Crippen LogP contribution in [0.2, 0.25) is 0 Å². The highest BCUT2D eigenvalue weighted by Gasteiger charge is 2.23. The maximum absolute atomic E-state index is 11.7. The minimum Gasteiger partial charge on any atom is -0.368 e. The molecule has 1 saturated carbocycles. The van der Waals surface area contributed by atoms with Crippen molar-refractivity contribution in [3.63, 3.8) is 0 Å². The monoisotopic (exact) mass is 565 g/mol. The summed E-state index contributed by atoms with van der Waals surface area (Å²) >= 11 is 0. The Hall–Kier alpha value is -2.64. The van der Waals surface area contributed by atoms with Crippen molar-refractivity contribution < 1.29 is 34.7 Å². The minimum absolute atomic E-state index is 0.0584. The van der Waals surface area contributed by atoms with Crippen molar-refractivity contribution in [3.05, 3.63) is 18.2 Å². The van der Waals surface area contributed by atoms with Crippen LogP contribution in [0, 0.1) is 11.8 Å². The van der Waals surface area contributed by atoms with Crippen LogP contribution in [0.5, 0.6) is 0 Å². The summed E-state index contributed by atoms with van der Waals surface area (Å²) in [6.45, 7) is 0.752. The molecule has 36 heavy (non-hydrogen) atoms. The summed E-state index contributed by atoms with van der Waals surface area (Å²) in [5.41, 5.74) is 5.32. The number of nitrogens with zero attached hydrogens (tertiary/aromatic N) is 4. The van der Waals surface area contributed by atoms with E-state index < -0.39 is 45.7 Å². The molecule has 1 aromatic carbocycles. The lowest BCUT2D eigenvalue weighted by Gasteiger charge is -2.28. The number of nitrogens with one attached hydrogen (secondary N) is 2. The lowest BCUT2D eigenvalue weighted by atomic mass is 9.81. The van der Waals surface area contributed by atoms with E-state index in [9.17, 15) is 34.7 Å². The fraction of sp³-hybridized carbons (Fsp3) is 0.500. The molecule has 2 aromatic rings. The van der Waals surface area contributed by atoms with Crippen molar-refractivity contribution >= 4 is 53.8 Å². The van der Waals surface area contributed by atoms with Crippen LogP contribution in [0.15, 0.2) is 32.4 Å². The van der Waals surface area contributed by atoms with Gasteiger partial charge in [-0.2, -0.15) is 31.8 Å². The Labute approximate surface area is 208 Å². The summed E-state index contributed by atoms with van der Waals surface area (Å²) in [5, 5.41) is 5.52. The molecule has 0 radical (unpaired) electrons. The van der Waals surface area contributed by atoms with Gasteiger partial charge in [-0.15, -0.1) is 0 Å². The summed E-state index contributed by atoms with van der Waals surface area (Å²) in [6, 6.07) is 2.40. The topological polar surface area (TPSA) is 247 Å². The van der Waals surface area contributed by atoms with Crippen LogP contribution < -0.4 is 16.4 Å². The zero-order chi connectivity index (χ0) is 26.7. The van der Waals surface area contributed by atoms with E-state index in [-0.39, 0.29) is 29.7 Å². The molecule has 0 aliphatic heterocycles. The van der Waals surface area contributed by atoms with Crippen LogP contribution in [0.4, 0.5) is 23.5 Å². The number of benzene rings is 1. The first-order chi connectivity index (χ1) is 16.6. The molecule has 3 atom stereocenters. The van der Waals surface area contributed by atoms with Gasteiger partial charge < -0.3 is 20.9 Å². The second kappa shape index (κ2) is 10.8. The minimum atomic E-state index is -4.78. The molecule has 1 fully saturated rings. The second-order valence-corrected chi connectivity index (χ2v) is 13.0. The molecule has 15 nitrogen and oxygen atoms in total. The number of rotatable bonds is 9. The van der Waals surface area contributed by atoms with Gasteiger partial charge in [0.1, 0.15) is 4.90 Å². The Balaban J connectivity index is 1.77. The molecule has 1 aliphatic rings. The van der Waals surface area contributed by atoms with Crippen LogP contribution >= 0.6 is 0 Å². The number of nitrogens with two attached hydrogens (primary N) is 1. The van der Waals surface area contributed by atoms with Gasteiger partial charge in [-0.1, -0.05) is 6.42 Å². The molecule has 3 unspecified atom stereocenters. The molecule has 7 N–H and O–H groups in total. The molecule has 200 valence electrons. The second-order valence-electron chi connectivity index (χ2n) is 8.43. The van der Waals surface area contributed by atoms with Crippen molar-refractivity contribution in [2.75, 3.05) is 35.7 Å². The molecule has 1 heterocycles. The summed E-state index contributed by atoms with van der Waals surface area (Å²) in [4.78, 5) is 10.6. The largest absolute Gasteiger partial charge is 0.368 e. The molecular weight excluding hydrogens is 538 g/mol. The molecule has 0 spiro atoms. The Morgan fingerprint density at radius 2 is 1.67 bits per heavy atom. The van der Waals surface area contributed by atoms with Gasteiger partial charge in [-0.3, -0.25) is 9.11 Å². The van der Waals surface area contributed by atoms with Gasteiger partial charge in [0, 0.05) is 12.8 Å². The molecule has 0 bridgehead atoms. The molecule has 0 amide bonds. The molecule has 1 aliphatic carbocycles. The fourth-order valence-electron chi connectivity index (χ4n) is 3.87. The Kier molecular flexibility index (Phi) is 8.36. The first-order valence-corrected chi connectivity index (χ1v) is 15.4. The van der Waals surface area contributed by atoms with Crippen LogP contribution in [-0.4, -0.2) is 69.0 Å². The van der Waals surface area contributed by atoms with E-state index in [1.165, 1.54) is 6.26 Å². The third-order valence-corrected chi connectivity index (χ3v) is 7.83. The highest BCUT2D eigenvalue weighted by Crippen LogP contribution is 2.30. The summed E-state index contributed by atoms with van der Waals surface area (Å²) in [7, 11) is -12.6. The third-order valence-electron chi connectivity index (χ3n) is 5.44. The van der Waals surface area contributed by atoms with Crippen molar-refractivity contribution in [3.8, 4) is 0 Å². The predicted octanol–water partition coefficient (Wildman–Crippen LogP) is 1.48. The van der Waals surface area contributed by atoms with Gasteiger partial charge >= 0.3 is 0 Å². The zero-order valence-corrected chi connectivity index (χ0v) is 21.6. The normalized spacial score (nSPS) is 20.3. The molecule has 0 saturated heterocycles. The lowest BCUT2D eigenvalue weighted by molar-refractivity contribution is 0.282. The quantitative estimate of drug-likeness (QED) is 0.236. The zero-order valence-electron chi connectivity index (χ0n) is 19.1. The lowest BCUT2D eigenvalue weighted by Crippen LogP contribution is -2.24. The van der Waals surface area contributed by atoms with E-state index >= 15 is 0 Å². The number of nitrogen functional groups attached to an aromatic ring is 1. The summed E-state index contributed by atoms with van der Waals surface area (Å²) in [6.07, 6.45) is 4.69. The van der Waals surface area contributed by atoms with Crippen molar-refractivity contribution in [2.45, 2.75) is 35.5 Å². The van der Waals surface area contributed by atoms with E-state index in [4.69, 9.17) is 5.73 Å². The van der Waals surface area contributed by atoms with Crippen LogP contribution in [0.1, 0.15) is 25.7 Å². The molecule has 3 rings (SSSR count). The standard InChI is InChI=1S/C18H27N7O8S3/c1-34(26,27)21-10-12-4-2-3-11(7-12)9-20-17-23-16(19)24-18(25-17)22-14-8-13(35(28,29)30)5-6-15(14)36(31,32)33/h5-6,8,11-12H,2-4,7,9-10H2,1H3,(H,21,26,27)(H,28,29,30)(H,31,32,33)(H4,19,20,22,23,24,25). The van der Waals surface area contributed by atoms with E-state index in [1.807, 2.05) is 0 Å². The van der Waals surface area contributed by atoms with Gasteiger partial charge in [0.15, 0.2) is 10.0 Å². The number of hydrogen-bond donors (Lipinski definition) is 6. The van der Waals surface area contributed by atoms with Crippen LogP contribution in [0.3, 0.4) is 0 Å². The highest BCUT2D eigenvalue weighted by atomic mass is 32.2. The van der Waals surface area contributed by atoms with E-state index in [0.717, 1.165) is 43.9 Å². The van der Waals surface area contributed by atoms with Gasteiger partial charge in [0.2, 0.25) is 17.8 Å². The van der Waals surface area contributed by atoms with E-state index in [0.29, 0.717) is 13.1 Å². The Morgan fingerprint density at radius 3 is 2.31 bits per heavy atom. The van der Waals surface area contributed by atoms with Crippen LogP contribution in [0.25, 0.3) is 0 Å². The van der Waals surface area contributed by atoms with Crippen LogP contribution in [-0.2, 0) is 30.2 Å². The van der Waals surface area contributed by atoms with Gasteiger partial charge in [-0.25, -0.2) is 8.57 Å². The average molecular weight is 566 g/mol. The SMILES string of the molecule is CS(=O)(O)=NCC1CCCC(CNc2nc(N)nc(Nc3cc(S(=O)(=O)O)ccc3S(=O)(=O)O)n2)C1. The molecule has 1 aromatic heterocycles. The fourth-order valence-corrected chi connectivity index (χ4v) is 5.49. The van der Waals surface area contributed by atoms with E-state index in [2.05, 4.69) is 29.9 Å². The Bertz CT molecular complexity index is 1450. The average Bonchev–Trinajstić information content (AvgIpc) is 2.74.